The summed E-state index contributed by atoms with van der Waals surface area (Å²) in [5.74, 6) is -0.566. The fraction of sp³-hybridized carbons (Fsp3) is 0.526. The van der Waals surface area contributed by atoms with E-state index in [2.05, 4.69) is 26.2 Å². The molecule has 0 radical (unpaired) electrons. The average molecular weight is 747 g/mol. The number of nitriles is 1. The van der Waals surface area contributed by atoms with Crippen molar-refractivity contribution in [3.8, 4) is 23.2 Å². The monoisotopic (exact) mass is 746 g/mol. The predicted molar refractivity (Wildman–Crippen MR) is 199 cm³/mol. The lowest BCUT2D eigenvalue weighted by Crippen LogP contribution is -2.65. The first kappa shape index (κ1) is 34.0. The summed E-state index contributed by atoms with van der Waals surface area (Å²) in [5.41, 5.74) is 6.35. The van der Waals surface area contributed by atoms with Crippen molar-refractivity contribution in [3.05, 3.63) is 40.4 Å². The number of fused-ring (bicyclic) bond motifs is 3. The fourth-order valence-electron chi connectivity index (χ4n) is 8.90. The molecule has 1 amide bonds. The molecule has 2 aromatic heterocycles. The Morgan fingerprint density at radius 1 is 1.08 bits per heavy atom. The Labute approximate surface area is 309 Å². The van der Waals surface area contributed by atoms with Gasteiger partial charge >= 0.3 is 6.01 Å². The van der Waals surface area contributed by atoms with Gasteiger partial charge in [0.2, 0.25) is 5.91 Å². The van der Waals surface area contributed by atoms with Gasteiger partial charge in [-0.3, -0.25) is 9.69 Å². The second kappa shape index (κ2) is 12.9. The number of rotatable bonds is 6. The van der Waals surface area contributed by atoms with Gasteiger partial charge in [-0.05, 0) is 69.3 Å². The van der Waals surface area contributed by atoms with E-state index < -0.39 is 11.6 Å². The number of nitrogens with two attached hydrogens (primary N) is 1. The number of benzene rings is 2. The van der Waals surface area contributed by atoms with Gasteiger partial charge in [-0.2, -0.15) is 15.2 Å². The molecule has 6 fully saturated rings. The Morgan fingerprint density at radius 2 is 1.81 bits per heavy atom. The van der Waals surface area contributed by atoms with E-state index in [1.807, 2.05) is 4.90 Å². The maximum atomic E-state index is 17.1. The number of likely N-dealkylation sites (tertiary alicyclic amines) is 1. The number of nitrogens with one attached hydrogen (secondary N) is 1. The van der Waals surface area contributed by atoms with Crippen LogP contribution >= 0.6 is 22.9 Å². The summed E-state index contributed by atoms with van der Waals surface area (Å²) < 4.78 is 38.6. The van der Waals surface area contributed by atoms with Crippen molar-refractivity contribution < 1.29 is 18.3 Å². The molecule has 0 bridgehead atoms. The van der Waals surface area contributed by atoms with E-state index in [1.54, 1.807) is 6.07 Å². The Hall–Kier alpha value is -3.83. The van der Waals surface area contributed by atoms with Crippen molar-refractivity contribution in [1.82, 2.24) is 25.1 Å². The van der Waals surface area contributed by atoms with Crippen LogP contribution < -0.4 is 20.7 Å². The molecule has 5 saturated heterocycles. The number of anilines is 2. The molecule has 1 saturated carbocycles. The topological polar surface area (TPSA) is 134 Å². The summed E-state index contributed by atoms with van der Waals surface area (Å²) in [5, 5.41) is 13.9. The number of hydrogen-bond donors (Lipinski definition) is 2. The molecule has 2 aromatic carbocycles. The Morgan fingerprint density at radius 3 is 2.50 bits per heavy atom. The molecular formula is C38H41ClF2N8O2S. The lowest BCUT2D eigenvalue weighted by molar-refractivity contribution is -0.143. The summed E-state index contributed by atoms with van der Waals surface area (Å²) in [6, 6.07) is 6.43. The van der Waals surface area contributed by atoms with Gasteiger partial charge in [0.1, 0.15) is 34.8 Å². The van der Waals surface area contributed by atoms with Crippen molar-refractivity contribution in [2.45, 2.75) is 69.4 Å². The zero-order valence-corrected chi connectivity index (χ0v) is 30.5. The van der Waals surface area contributed by atoms with Crippen LogP contribution in [0.4, 0.5) is 19.6 Å². The predicted octanol–water partition coefficient (Wildman–Crippen LogP) is 6.48. The third-order valence-corrected chi connectivity index (χ3v) is 13.0. The van der Waals surface area contributed by atoms with E-state index in [0.29, 0.717) is 44.0 Å². The van der Waals surface area contributed by atoms with Crippen molar-refractivity contribution >= 4 is 60.7 Å². The van der Waals surface area contributed by atoms with Crippen LogP contribution in [0.1, 0.15) is 63.4 Å². The molecule has 52 heavy (non-hydrogen) atoms. The van der Waals surface area contributed by atoms with Crippen LogP contribution in [0.15, 0.2) is 18.2 Å². The quantitative estimate of drug-likeness (QED) is 0.213. The maximum absolute atomic E-state index is 17.1. The molecule has 1 atom stereocenters. The highest BCUT2D eigenvalue weighted by Gasteiger charge is 2.50. The second-order valence-electron chi connectivity index (χ2n) is 15.5. The Kier molecular flexibility index (Phi) is 8.45. The number of aromatic nitrogens is 2. The summed E-state index contributed by atoms with van der Waals surface area (Å²) in [4.78, 5) is 28.9. The first-order valence-corrected chi connectivity index (χ1v) is 19.6. The summed E-state index contributed by atoms with van der Waals surface area (Å²) in [7, 11) is 0. The normalized spacial score (nSPS) is 22.5. The molecule has 4 aromatic rings. The number of nitrogen functional groups attached to an aromatic ring is 1. The molecule has 14 heteroatoms. The highest BCUT2D eigenvalue weighted by Crippen LogP contribution is 2.47. The van der Waals surface area contributed by atoms with Crippen LogP contribution in [0.2, 0.25) is 5.02 Å². The van der Waals surface area contributed by atoms with Crippen LogP contribution in [0.3, 0.4) is 0 Å². The van der Waals surface area contributed by atoms with E-state index in [1.165, 1.54) is 31.4 Å². The van der Waals surface area contributed by atoms with Gasteiger partial charge in [-0.15, -0.1) is 11.3 Å². The molecular weight excluding hydrogens is 706 g/mol. The highest BCUT2D eigenvalue weighted by molar-refractivity contribution is 7.23. The number of thiophene rings is 1. The first-order valence-electron chi connectivity index (χ1n) is 18.4. The fourth-order valence-corrected chi connectivity index (χ4v) is 10.1. The number of carbonyl (C=O) groups excluding carboxylic acids is 1. The largest absolute Gasteiger partial charge is 0.461 e. The Bertz CT molecular complexity index is 2130. The van der Waals surface area contributed by atoms with Gasteiger partial charge in [-0.25, -0.2) is 8.78 Å². The van der Waals surface area contributed by atoms with E-state index in [0.717, 1.165) is 69.5 Å². The average Bonchev–Trinajstić information content (AvgIpc) is 4.06. The minimum Gasteiger partial charge on any atom is -0.461 e. The van der Waals surface area contributed by atoms with Gasteiger partial charge in [0.15, 0.2) is 5.82 Å². The first-order chi connectivity index (χ1) is 25.2. The number of nitrogens with zero attached hydrogens (tertiary/aromatic N) is 6. The summed E-state index contributed by atoms with van der Waals surface area (Å²) in [6.45, 7) is 5.93. The number of ether oxygens (including phenoxy) is 1. The van der Waals surface area contributed by atoms with Crippen molar-refractivity contribution in [3.63, 3.8) is 0 Å². The summed E-state index contributed by atoms with van der Waals surface area (Å²) in [6.07, 6.45) is 10.7. The van der Waals surface area contributed by atoms with Gasteiger partial charge in [-0.1, -0.05) is 36.9 Å². The van der Waals surface area contributed by atoms with Crippen molar-refractivity contribution in [2.75, 3.05) is 63.1 Å². The lowest BCUT2D eigenvalue weighted by Gasteiger charge is -2.54. The number of amides is 1. The minimum absolute atomic E-state index is 0.0115. The maximum Gasteiger partial charge on any atom is 0.319 e. The van der Waals surface area contributed by atoms with Crippen molar-refractivity contribution in [1.29, 1.82) is 5.26 Å². The number of hydrogen-bond acceptors (Lipinski definition) is 10. The van der Waals surface area contributed by atoms with Crippen LogP contribution in [-0.4, -0.2) is 89.7 Å². The molecule has 6 aliphatic rings. The third kappa shape index (κ3) is 5.82. The zero-order chi connectivity index (χ0) is 35.8. The SMILES string of the molecule is C1CC1.N#Cc1c(N)sc2c(F)ccc(-c3c(Cl)cc4c(N5CCCC6(CN(C(=O)C7CN7)C6)C5)nc(OCC56CCCN5CCC6)nc4c3F)c12. The highest BCUT2D eigenvalue weighted by atomic mass is 35.5. The zero-order valence-electron chi connectivity index (χ0n) is 28.9. The van der Waals surface area contributed by atoms with E-state index in [4.69, 9.17) is 27.1 Å². The van der Waals surface area contributed by atoms with Crippen LogP contribution in [0.5, 0.6) is 6.01 Å². The molecule has 5 aliphatic heterocycles. The van der Waals surface area contributed by atoms with Crippen LogP contribution in [-0.2, 0) is 4.79 Å². The van der Waals surface area contributed by atoms with Crippen LogP contribution in [0, 0.1) is 28.4 Å². The number of piperidine rings is 1. The molecule has 10 rings (SSSR count). The molecule has 1 aliphatic carbocycles. The van der Waals surface area contributed by atoms with Gasteiger partial charge in [0.25, 0.3) is 0 Å². The molecule has 10 nitrogen and oxygen atoms in total. The standard InChI is InChI=1S/C35H35ClF2N8O2S.C3H6/c36-22-12-20-28(27(38)26(22)19-4-5-23(37)29-25(19)21(13-39)30(40)49-29)42-33(48-18-35-7-2-10-46(35)11-3-8-35)43-31(20)44-9-1-6-34(15-44)16-45(17-34)32(47)24-14-41-24;1-2-3-1/h4-5,12,24,41H,1-3,6-11,14-18,40H2;1-3H2. The molecule has 1 spiro atoms. The van der Waals surface area contributed by atoms with E-state index >= 15 is 4.39 Å². The molecule has 272 valence electrons. The smallest absolute Gasteiger partial charge is 0.319 e. The second-order valence-corrected chi connectivity index (χ2v) is 16.9. The Balaban J connectivity index is 0.00000114. The van der Waals surface area contributed by atoms with Gasteiger partial charge < -0.3 is 25.6 Å². The minimum atomic E-state index is -0.705. The number of carbonyl (C=O) groups is 1. The summed E-state index contributed by atoms with van der Waals surface area (Å²) >= 11 is 7.87. The molecule has 1 unspecified atom stereocenters. The van der Waals surface area contributed by atoms with E-state index in [-0.39, 0.29) is 71.2 Å². The number of halogens is 3. The van der Waals surface area contributed by atoms with Crippen LogP contribution in [0.25, 0.3) is 32.1 Å². The van der Waals surface area contributed by atoms with E-state index in [9.17, 15) is 14.4 Å². The third-order valence-electron chi connectivity index (χ3n) is 11.7. The molecule has 3 N–H and O–H groups in total. The van der Waals surface area contributed by atoms with Gasteiger partial charge in [0.05, 0.1) is 26.9 Å². The lowest BCUT2D eigenvalue weighted by atomic mass is 9.73. The van der Waals surface area contributed by atoms with Gasteiger partial charge in [0, 0.05) is 54.5 Å². The van der Waals surface area contributed by atoms with Crippen molar-refractivity contribution in [2.24, 2.45) is 5.41 Å². The molecule has 7 heterocycles.